The van der Waals surface area contributed by atoms with Crippen LogP contribution in [0.15, 0.2) is 42.7 Å². The normalized spacial score (nSPS) is 11.9. The van der Waals surface area contributed by atoms with Crippen LogP contribution in [0.5, 0.6) is 0 Å². The van der Waals surface area contributed by atoms with Gasteiger partial charge in [0.2, 0.25) is 0 Å². The van der Waals surface area contributed by atoms with E-state index < -0.39 is 0 Å². The zero-order valence-electron chi connectivity index (χ0n) is 10.4. The van der Waals surface area contributed by atoms with Gasteiger partial charge in [0, 0.05) is 34.7 Å². The molecule has 0 bridgehead atoms. The van der Waals surface area contributed by atoms with Crippen molar-refractivity contribution in [3.05, 3.63) is 58.9 Å². The van der Waals surface area contributed by atoms with Crippen molar-refractivity contribution in [1.82, 2.24) is 4.98 Å². The first-order chi connectivity index (χ1) is 9.08. The summed E-state index contributed by atoms with van der Waals surface area (Å²) < 4.78 is 0. The highest BCUT2D eigenvalue weighted by atomic mass is 35.5. The molecule has 0 radical (unpaired) electrons. The molecule has 0 amide bonds. The number of aromatic nitrogens is 1. The van der Waals surface area contributed by atoms with Crippen LogP contribution in [0.2, 0.25) is 5.02 Å². The van der Waals surface area contributed by atoms with Crippen LogP contribution >= 0.6 is 23.8 Å². The van der Waals surface area contributed by atoms with Crippen LogP contribution in [0.3, 0.4) is 0 Å². The van der Waals surface area contributed by atoms with Crippen molar-refractivity contribution in [2.45, 2.75) is 13.0 Å². The van der Waals surface area contributed by atoms with E-state index in [1.165, 1.54) is 0 Å². The minimum atomic E-state index is 0.106. The first-order valence-corrected chi connectivity index (χ1v) is 6.62. The Hall–Kier alpha value is -1.65. The van der Waals surface area contributed by atoms with E-state index in [0.29, 0.717) is 10.0 Å². The molecule has 2 aromatic rings. The highest BCUT2D eigenvalue weighted by Gasteiger charge is 2.10. The number of nitrogens with two attached hydrogens (primary N) is 1. The second kappa shape index (κ2) is 5.99. The lowest BCUT2D eigenvalue weighted by molar-refractivity contribution is 0.880. The fraction of sp³-hybridized carbons (Fsp3) is 0.143. The zero-order chi connectivity index (χ0) is 13.8. The second-order valence-electron chi connectivity index (χ2n) is 4.20. The van der Waals surface area contributed by atoms with Crippen LogP contribution in [0.25, 0.3) is 0 Å². The third-order valence-corrected chi connectivity index (χ3v) is 3.28. The lowest BCUT2D eigenvalue weighted by atomic mass is 10.1. The number of halogens is 1. The fourth-order valence-electron chi connectivity index (χ4n) is 1.82. The highest BCUT2D eigenvalue weighted by Crippen LogP contribution is 2.25. The van der Waals surface area contributed by atoms with E-state index in [2.05, 4.69) is 17.2 Å². The molecule has 98 valence electrons. The summed E-state index contributed by atoms with van der Waals surface area (Å²) in [6.07, 6.45) is 3.53. The van der Waals surface area contributed by atoms with Gasteiger partial charge in [-0.3, -0.25) is 4.98 Å². The Balaban J connectivity index is 2.28. The molecule has 1 heterocycles. The molecule has 2 rings (SSSR count). The minimum absolute atomic E-state index is 0.106. The summed E-state index contributed by atoms with van der Waals surface area (Å²) in [5, 5.41) is 4.01. The molecule has 0 aliphatic carbocycles. The molecule has 5 heteroatoms. The van der Waals surface area contributed by atoms with Crippen molar-refractivity contribution in [2.75, 3.05) is 5.32 Å². The number of rotatable bonds is 4. The number of anilines is 1. The van der Waals surface area contributed by atoms with Gasteiger partial charge in [0.15, 0.2) is 0 Å². The monoisotopic (exact) mass is 291 g/mol. The predicted molar refractivity (Wildman–Crippen MR) is 83.6 cm³/mol. The minimum Gasteiger partial charge on any atom is -0.389 e. The number of pyridine rings is 1. The Labute approximate surface area is 122 Å². The molecule has 1 unspecified atom stereocenters. The molecule has 0 aliphatic heterocycles. The smallest absolute Gasteiger partial charge is 0.106 e. The van der Waals surface area contributed by atoms with Gasteiger partial charge >= 0.3 is 0 Å². The zero-order valence-corrected chi connectivity index (χ0v) is 12.0. The van der Waals surface area contributed by atoms with Crippen molar-refractivity contribution in [2.24, 2.45) is 5.73 Å². The summed E-state index contributed by atoms with van der Waals surface area (Å²) >= 11 is 11.1. The van der Waals surface area contributed by atoms with E-state index in [4.69, 9.17) is 29.6 Å². The molecule has 3 N–H and O–H groups in total. The first kappa shape index (κ1) is 13.8. The lowest BCUT2D eigenvalue weighted by Gasteiger charge is -2.18. The van der Waals surface area contributed by atoms with Crippen molar-refractivity contribution in [1.29, 1.82) is 0 Å². The van der Waals surface area contributed by atoms with E-state index in [-0.39, 0.29) is 6.04 Å². The average Bonchev–Trinajstić information content (AvgIpc) is 2.39. The van der Waals surface area contributed by atoms with Gasteiger partial charge in [0.1, 0.15) is 4.99 Å². The maximum absolute atomic E-state index is 6.02. The molecule has 0 spiro atoms. The largest absolute Gasteiger partial charge is 0.389 e. The molecular formula is C14H14ClN3S. The van der Waals surface area contributed by atoms with Gasteiger partial charge in [-0.1, -0.05) is 23.8 Å². The van der Waals surface area contributed by atoms with Crippen LogP contribution in [-0.4, -0.2) is 9.97 Å². The molecular weight excluding hydrogens is 278 g/mol. The van der Waals surface area contributed by atoms with Gasteiger partial charge in [0.25, 0.3) is 0 Å². The number of nitrogens with one attached hydrogen (secondary N) is 1. The van der Waals surface area contributed by atoms with Crippen LogP contribution < -0.4 is 11.1 Å². The number of hydrogen-bond donors (Lipinski definition) is 2. The van der Waals surface area contributed by atoms with Crippen LogP contribution in [-0.2, 0) is 0 Å². The maximum atomic E-state index is 6.02. The van der Waals surface area contributed by atoms with Gasteiger partial charge < -0.3 is 11.1 Å². The summed E-state index contributed by atoms with van der Waals surface area (Å²) in [7, 11) is 0. The molecule has 0 aliphatic rings. The van der Waals surface area contributed by atoms with Crippen LogP contribution in [0.4, 0.5) is 5.69 Å². The molecule has 0 saturated carbocycles. The molecule has 1 atom stereocenters. The summed E-state index contributed by atoms with van der Waals surface area (Å²) in [5.74, 6) is 0. The fourth-order valence-corrected chi connectivity index (χ4v) is 2.17. The second-order valence-corrected chi connectivity index (χ2v) is 5.08. The van der Waals surface area contributed by atoms with Crippen molar-refractivity contribution < 1.29 is 0 Å². The van der Waals surface area contributed by atoms with Gasteiger partial charge in [0.05, 0.1) is 0 Å². The Morgan fingerprint density at radius 1 is 1.32 bits per heavy atom. The molecule has 19 heavy (non-hydrogen) atoms. The first-order valence-electron chi connectivity index (χ1n) is 5.83. The third kappa shape index (κ3) is 3.43. The predicted octanol–water partition coefficient (Wildman–Crippen LogP) is 3.54. The van der Waals surface area contributed by atoms with Gasteiger partial charge in [-0.05, 0) is 42.8 Å². The average molecular weight is 292 g/mol. The third-order valence-electron chi connectivity index (χ3n) is 2.83. The summed E-state index contributed by atoms with van der Waals surface area (Å²) in [5.41, 5.74) is 8.48. The van der Waals surface area contributed by atoms with Crippen molar-refractivity contribution in [3.63, 3.8) is 0 Å². The number of nitrogens with zero attached hydrogens (tertiary/aromatic N) is 1. The van der Waals surface area contributed by atoms with Gasteiger partial charge in [-0.25, -0.2) is 0 Å². The van der Waals surface area contributed by atoms with Gasteiger partial charge in [-0.15, -0.1) is 0 Å². The Morgan fingerprint density at radius 2 is 2.00 bits per heavy atom. The van der Waals surface area contributed by atoms with E-state index in [0.717, 1.165) is 16.8 Å². The summed E-state index contributed by atoms with van der Waals surface area (Å²) in [6, 6.07) is 9.46. The van der Waals surface area contributed by atoms with E-state index in [9.17, 15) is 0 Å². The lowest BCUT2D eigenvalue weighted by Crippen LogP contribution is -2.15. The van der Waals surface area contributed by atoms with Crippen LogP contribution in [0.1, 0.15) is 24.1 Å². The molecule has 3 nitrogen and oxygen atoms in total. The number of benzene rings is 1. The number of hydrogen-bond acceptors (Lipinski definition) is 3. The molecule has 1 aromatic carbocycles. The molecule has 1 aromatic heterocycles. The summed E-state index contributed by atoms with van der Waals surface area (Å²) in [4.78, 5) is 4.35. The topological polar surface area (TPSA) is 50.9 Å². The standard InChI is InChI=1S/C14H14ClN3S/c1-9(10-4-6-17-7-5-10)18-13-8-11(15)2-3-12(13)14(16)19/h2-9,18H,1H3,(H2,16,19). The number of thiocarbonyl (C=S) groups is 1. The Morgan fingerprint density at radius 3 is 2.63 bits per heavy atom. The van der Waals surface area contributed by atoms with Crippen molar-refractivity contribution >= 4 is 34.5 Å². The maximum Gasteiger partial charge on any atom is 0.106 e. The van der Waals surface area contributed by atoms with E-state index in [1.54, 1.807) is 18.5 Å². The SMILES string of the molecule is CC(Nc1cc(Cl)ccc1C(N)=S)c1ccncc1. The highest BCUT2D eigenvalue weighted by molar-refractivity contribution is 7.80. The van der Waals surface area contributed by atoms with E-state index >= 15 is 0 Å². The Kier molecular flexibility index (Phi) is 4.35. The Bertz CT molecular complexity index is 586. The van der Waals surface area contributed by atoms with Gasteiger partial charge in [-0.2, -0.15) is 0 Å². The van der Waals surface area contributed by atoms with Crippen molar-refractivity contribution in [3.8, 4) is 0 Å². The van der Waals surface area contributed by atoms with Crippen LogP contribution in [0, 0.1) is 0 Å². The quantitative estimate of drug-likeness (QED) is 0.846. The summed E-state index contributed by atoms with van der Waals surface area (Å²) in [6.45, 7) is 2.06. The van der Waals surface area contributed by atoms with E-state index in [1.807, 2.05) is 24.3 Å². The molecule has 0 fully saturated rings. The molecule has 0 saturated heterocycles.